The summed E-state index contributed by atoms with van der Waals surface area (Å²) in [5.41, 5.74) is 2.85. The van der Waals surface area contributed by atoms with Crippen molar-refractivity contribution in [1.82, 2.24) is 9.29 Å². The lowest BCUT2D eigenvalue weighted by molar-refractivity contribution is -0.147. The van der Waals surface area contributed by atoms with Crippen LogP contribution in [0.25, 0.3) is 0 Å². The fraction of sp³-hybridized carbons (Fsp3) is 0.455. The van der Waals surface area contributed by atoms with Gasteiger partial charge in [0.25, 0.3) is 0 Å². The van der Waals surface area contributed by atoms with E-state index >= 15 is 0 Å². The van der Waals surface area contributed by atoms with E-state index in [-0.39, 0.29) is 4.90 Å². The van der Waals surface area contributed by atoms with E-state index in [9.17, 15) is 23.1 Å². The van der Waals surface area contributed by atoms with Crippen LogP contribution < -0.4 is 4.72 Å². The van der Waals surface area contributed by atoms with E-state index < -0.39 is 40.5 Å². The number of carbonyl (C=O) groups excluding carboxylic acids is 2. The lowest BCUT2D eigenvalue weighted by atomic mass is 10.1. The predicted octanol–water partition coefficient (Wildman–Crippen LogP) is 1.51. The molecule has 0 unspecified atom stereocenters. The average Bonchev–Trinajstić information content (AvgIpc) is 3.02. The topological polar surface area (TPSA) is 124 Å². The molecule has 0 fully saturated rings. The van der Waals surface area contributed by atoms with E-state index in [1.807, 2.05) is 18.4 Å². The van der Waals surface area contributed by atoms with Gasteiger partial charge in [0.2, 0.25) is 15.8 Å². The van der Waals surface area contributed by atoms with Crippen LogP contribution in [0.1, 0.15) is 34.2 Å². The Hall–Kier alpha value is -2.53. The first-order valence-electron chi connectivity index (χ1n) is 10.1. The number of nitrogens with zero attached hydrogens (tertiary/aromatic N) is 1. The van der Waals surface area contributed by atoms with Crippen LogP contribution in [0, 0.1) is 20.8 Å². The van der Waals surface area contributed by atoms with Crippen molar-refractivity contribution < 1.29 is 32.6 Å². The molecule has 176 valence electrons. The Morgan fingerprint density at radius 3 is 2.34 bits per heavy atom. The van der Waals surface area contributed by atoms with Crippen molar-refractivity contribution in [2.75, 3.05) is 20.3 Å². The first-order valence-corrected chi connectivity index (χ1v) is 11.6. The van der Waals surface area contributed by atoms with Crippen molar-refractivity contribution in [2.24, 2.45) is 0 Å². The monoisotopic (exact) mass is 466 g/mol. The van der Waals surface area contributed by atoms with Crippen LogP contribution in [0.3, 0.4) is 0 Å². The van der Waals surface area contributed by atoms with E-state index in [1.165, 1.54) is 19.1 Å². The number of sulfonamides is 1. The molecule has 2 atom stereocenters. The minimum absolute atomic E-state index is 0.0545. The third-order valence-corrected chi connectivity index (χ3v) is 6.55. The fourth-order valence-corrected chi connectivity index (χ4v) is 4.47. The summed E-state index contributed by atoms with van der Waals surface area (Å²) in [5, 5.41) is 9.96. The molecule has 0 bridgehead atoms. The predicted molar refractivity (Wildman–Crippen MR) is 118 cm³/mol. The third-order valence-electron chi connectivity index (χ3n) is 5.09. The number of aliphatic hydroxyl groups is 1. The van der Waals surface area contributed by atoms with E-state index in [1.54, 1.807) is 32.2 Å². The van der Waals surface area contributed by atoms with Gasteiger partial charge >= 0.3 is 5.97 Å². The highest BCUT2D eigenvalue weighted by Gasteiger charge is 2.31. The molecule has 32 heavy (non-hydrogen) atoms. The van der Waals surface area contributed by atoms with Gasteiger partial charge in [-0.05, 0) is 45.9 Å². The summed E-state index contributed by atoms with van der Waals surface area (Å²) in [7, 11) is -2.50. The maximum absolute atomic E-state index is 12.6. The SMILES string of the molecule is COCCn1c(C)cc(C(=O)COC(=O)[C@@H](NS(=O)(=O)c2ccc(C)cc2)[C@H](C)O)c1C. The number of rotatable bonds is 11. The lowest BCUT2D eigenvalue weighted by Gasteiger charge is -2.20. The van der Waals surface area contributed by atoms with Crippen LogP contribution in [0.2, 0.25) is 0 Å². The highest BCUT2D eigenvalue weighted by molar-refractivity contribution is 7.89. The molecular weight excluding hydrogens is 436 g/mol. The van der Waals surface area contributed by atoms with Gasteiger partial charge in [-0.1, -0.05) is 17.7 Å². The number of methoxy groups -OCH3 is 1. The van der Waals surface area contributed by atoms with Gasteiger partial charge in [0.05, 0.1) is 17.6 Å². The summed E-state index contributed by atoms with van der Waals surface area (Å²) < 4.78 is 39.4. The largest absolute Gasteiger partial charge is 0.456 e. The van der Waals surface area contributed by atoms with Gasteiger partial charge in [-0.25, -0.2) is 8.42 Å². The molecular formula is C22H30N2O7S. The lowest BCUT2D eigenvalue weighted by Crippen LogP contribution is -2.48. The van der Waals surface area contributed by atoms with Gasteiger partial charge in [0.1, 0.15) is 6.04 Å². The van der Waals surface area contributed by atoms with Crippen LogP contribution in [0.15, 0.2) is 35.2 Å². The molecule has 2 aromatic rings. The number of ether oxygens (including phenoxy) is 2. The van der Waals surface area contributed by atoms with Crippen molar-refractivity contribution in [3.63, 3.8) is 0 Å². The first kappa shape index (κ1) is 25.7. The number of ketones is 1. The molecule has 0 saturated carbocycles. The highest BCUT2D eigenvalue weighted by atomic mass is 32.2. The van der Waals surface area contributed by atoms with Crippen LogP contribution in [0.4, 0.5) is 0 Å². The summed E-state index contributed by atoms with van der Waals surface area (Å²) in [6.45, 7) is 7.19. The smallest absolute Gasteiger partial charge is 0.327 e. The second-order valence-corrected chi connectivity index (χ2v) is 9.33. The molecule has 0 aliphatic carbocycles. The van der Waals surface area contributed by atoms with Gasteiger partial charge in [0.15, 0.2) is 6.61 Å². The number of aryl methyl sites for hydroxylation is 2. The molecule has 0 radical (unpaired) electrons. The van der Waals surface area contributed by atoms with Gasteiger partial charge in [-0.2, -0.15) is 4.72 Å². The van der Waals surface area contributed by atoms with E-state index in [4.69, 9.17) is 9.47 Å². The van der Waals surface area contributed by atoms with Gasteiger partial charge in [-0.15, -0.1) is 0 Å². The van der Waals surface area contributed by atoms with E-state index in [0.717, 1.165) is 11.3 Å². The second-order valence-electron chi connectivity index (χ2n) is 7.61. The van der Waals surface area contributed by atoms with E-state index in [2.05, 4.69) is 4.72 Å². The molecule has 0 spiro atoms. The summed E-state index contributed by atoms with van der Waals surface area (Å²) in [5.74, 6) is -1.47. The number of hydrogen-bond acceptors (Lipinski definition) is 7. The van der Waals surface area contributed by atoms with Crippen LogP contribution >= 0.6 is 0 Å². The standard InChI is InChI=1S/C22H30N2O7S/c1-14-6-8-18(9-7-14)32(28,29)23-21(17(4)25)22(27)31-13-20(26)19-12-15(2)24(16(19)3)10-11-30-5/h6-9,12,17,21,23,25H,10-11,13H2,1-5H3/t17-,21-/m0/s1. The second kappa shape index (κ2) is 10.9. The molecule has 0 saturated heterocycles. The molecule has 0 aliphatic heterocycles. The summed E-state index contributed by atoms with van der Waals surface area (Å²) in [6.07, 6.45) is -1.38. The summed E-state index contributed by atoms with van der Waals surface area (Å²) in [6, 6.07) is 6.16. The Kier molecular flexibility index (Phi) is 8.73. The molecule has 9 nitrogen and oxygen atoms in total. The van der Waals surface area contributed by atoms with Crippen molar-refractivity contribution in [3.8, 4) is 0 Å². The molecule has 2 rings (SSSR count). The molecule has 1 heterocycles. The van der Waals surface area contributed by atoms with E-state index in [0.29, 0.717) is 24.4 Å². The van der Waals surface area contributed by atoms with Gasteiger partial charge < -0.3 is 19.1 Å². The molecule has 2 N–H and O–H groups in total. The average molecular weight is 467 g/mol. The number of esters is 1. The Balaban J connectivity index is 2.09. The molecule has 1 aromatic heterocycles. The van der Waals surface area contributed by atoms with Crippen molar-refractivity contribution in [1.29, 1.82) is 0 Å². The molecule has 0 aliphatic rings. The molecule has 10 heteroatoms. The minimum Gasteiger partial charge on any atom is -0.456 e. The zero-order valence-corrected chi connectivity index (χ0v) is 19.7. The Morgan fingerprint density at radius 2 is 1.78 bits per heavy atom. The van der Waals surface area contributed by atoms with Crippen molar-refractivity contribution in [3.05, 3.63) is 52.8 Å². The number of benzene rings is 1. The normalized spacial score (nSPS) is 13.6. The summed E-state index contributed by atoms with van der Waals surface area (Å²) >= 11 is 0. The van der Waals surface area contributed by atoms with Crippen molar-refractivity contribution >= 4 is 21.8 Å². The Bertz CT molecular complexity index is 1060. The molecule has 0 amide bonds. The number of Topliss-reactive ketones (excluding diaryl/α,β-unsaturated/α-hetero) is 1. The van der Waals surface area contributed by atoms with Crippen LogP contribution in [0.5, 0.6) is 0 Å². The number of carbonyl (C=O) groups is 2. The maximum atomic E-state index is 12.6. The fourth-order valence-electron chi connectivity index (χ4n) is 3.21. The highest BCUT2D eigenvalue weighted by Crippen LogP contribution is 2.16. The molecule has 1 aromatic carbocycles. The number of aliphatic hydroxyl groups excluding tert-OH is 1. The Labute approximate surface area is 188 Å². The zero-order valence-electron chi connectivity index (χ0n) is 18.9. The minimum atomic E-state index is -4.09. The van der Waals surface area contributed by atoms with Crippen LogP contribution in [-0.4, -0.2) is 62.3 Å². The number of hydrogen-bond donors (Lipinski definition) is 2. The first-order chi connectivity index (χ1) is 15.0. The van der Waals surface area contributed by atoms with Gasteiger partial charge in [-0.3, -0.25) is 9.59 Å². The number of aromatic nitrogens is 1. The van der Waals surface area contributed by atoms with Crippen molar-refractivity contribution in [2.45, 2.75) is 51.3 Å². The van der Waals surface area contributed by atoms with Gasteiger partial charge in [0, 0.05) is 30.6 Å². The quantitative estimate of drug-likeness (QED) is 0.380. The van der Waals surface area contributed by atoms with Crippen LogP contribution in [-0.2, 0) is 30.8 Å². The Morgan fingerprint density at radius 1 is 1.16 bits per heavy atom. The third kappa shape index (κ3) is 6.26. The number of nitrogens with one attached hydrogen (secondary N) is 1. The maximum Gasteiger partial charge on any atom is 0.327 e. The summed E-state index contributed by atoms with van der Waals surface area (Å²) in [4.78, 5) is 25.1. The zero-order chi connectivity index (χ0) is 24.1.